The molecule has 0 amide bonds. The molecule has 0 saturated heterocycles. The van der Waals surface area contributed by atoms with E-state index in [0.717, 1.165) is 43.4 Å². The van der Waals surface area contributed by atoms with Crippen LogP contribution in [-0.4, -0.2) is 16.5 Å². The normalized spacial score (nSPS) is 16.4. The molecule has 0 radical (unpaired) electrons. The molecule has 3 nitrogen and oxygen atoms in total. The van der Waals surface area contributed by atoms with E-state index >= 15 is 0 Å². The highest BCUT2D eigenvalue weighted by Crippen LogP contribution is 2.19. The van der Waals surface area contributed by atoms with Crippen molar-refractivity contribution in [1.29, 1.82) is 0 Å². The lowest BCUT2D eigenvalue weighted by Gasteiger charge is -2.18. The van der Waals surface area contributed by atoms with E-state index in [9.17, 15) is 13.6 Å². The summed E-state index contributed by atoms with van der Waals surface area (Å²) in [7, 11) is 0. The molecule has 1 aliphatic carbocycles. The van der Waals surface area contributed by atoms with E-state index in [1.807, 2.05) is 13.0 Å². The number of benzene rings is 1. The summed E-state index contributed by atoms with van der Waals surface area (Å²) in [6.45, 7) is 1.94. The number of carbonyl (C=O) groups is 1. The lowest BCUT2D eigenvalue weighted by Crippen LogP contribution is -2.30. The lowest BCUT2D eigenvalue weighted by atomic mass is 9.96. The standard InChI is InChI=1S/C19H20F2N2O/c1-13-9-10-23(18(11-13)22-15-5-3-2-4-6-15)19(24)14-7-8-16(20)17(21)12-14/h7-12,15H,2-6H2,1H3. The molecule has 0 unspecified atom stereocenters. The molecular formula is C19H20F2N2O. The first-order valence-corrected chi connectivity index (χ1v) is 8.27. The second-order valence-corrected chi connectivity index (χ2v) is 6.29. The summed E-state index contributed by atoms with van der Waals surface area (Å²) in [4.78, 5) is 17.4. The van der Waals surface area contributed by atoms with Gasteiger partial charge in [0, 0.05) is 11.8 Å². The third kappa shape index (κ3) is 3.61. The molecule has 1 aromatic heterocycles. The van der Waals surface area contributed by atoms with Gasteiger partial charge < -0.3 is 0 Å². The number of aromatic nitrogens is 1. The van der Waals surface area contributed by atoms with Crippen LogP contribution >= 0.6 is 0 Å². The Balaban J connectivity index is 2.02. The Morgan fingerprint density at radius 1 is 1.08 bits per heavy atom. The van der Waals surface area contributed by atoms with E-state index in [2.05, 4.69) is 0 Å². The second kappa shape index (κ2) is 7.07. The summed E-state index contributed by atoms with van der Waals surface area (Å²) in [5.41, 5.74) is 1.67. The van der Waals surface area contributed by atoms with Crippen LogP contribution < -0.4 is 5.49 Å². The Morgan fingerprint density at radius 2 is 1.83 bits per heavy atom. The zero-order chi connectivity index (χ0) is 17.1. The first-order valence-electron chi connectivity index (χ1n) is 8.27. The van der Waals surface area contributed by atoms with Crippen LogP contribution in [-0.2, 0) is 0 Å². The first kappa shape index (κ1) is 16.6. The molecule has 5 heteroatoms. The van der Waals surface area contributed by atoms with Crippen molar-refractivity contribution in [1.82, 2.24) is 4.57 Å². The summed E-state index contributed by atoms with van der Waals surface area (Å²) < 4.78 is 27.9. The van der Waals surface area contributed by atoms with Gasteiger partial charge in [-0.1, -0.05) is 19.3 Å². The molecule has 2 aromatic rings. The van der Waals surface area contributed by atoms with Gasteiger partial charge >= 0.3 is 0 Å². The average Bonchev–Trinajstić information content (AvgIpc) is 2.58. The number of nitrogens with zero attached hydrogens (tertiary/aromatic N) is 2. The Kier molecular flexibility index (Phi) is 4.88. The van der Waals surface area contributed by atoms with E-state index in [4.69, 9.17) is 4.99 Å². The summed E-state index contributed by atoms with van der Waals surface area (Å²) >= 11 is 0. The minimum Gasteiger partial charge on any atom is -0.268 e. The number of rotatable bonds is 2. The number of aryl methyl sites for hydroxylation is 1. The first-order chi connectivity index (χ1) is 11.5. The van der Waals surface area contributed by atoms with Crippen molar-refractivity contribution >= 4 is 5.91 Å². The van der Waals surface area contributed by atoms with Crippen LogP contribution in [0, 0.1) is 18.6 Å². The molecule has 0 spiro atoms. The fourth-order valence-corrected chi connectivity index (χ4v) is 3.03. The van der Waals surface area contributed by atoms with Gasteiger partial charge in [0.1, 0.15) is 5.49 Å². The summed E-state index contributed by atoms with van der Waals surface area (Å²) in [6.07, 6.45) is 7.21. The minimum absolute atomic E-state index is 0.0999. The van der Waals surface area contributed by atoms with Gasteiger partial charge in [-0.05, 0) is 55.7 Å². The predicted molar refractivity (Wildman–Crippen MR) is 87.7 cm³/mol. The molecule has 0 bridgehead atoms. The number of hydrogen-bond donors (Lipinski definition) is 0. The van der Waals surface area contributed by atoms with Gasteiger partial charge in [0.05, 0.1) is 6.04 Å². The highest BCUT2D eigenvalue weighted by Gasteiger charge is 2.15. The van der Waals surface area contributed by atoms with E-state index < -0.39 is 17.5 Å². The van der Waals surface area contributed by atoms with Crippen molar-refractivity contribution in [2.45, 2.75) is 45.1 Å². The van der Waals surface area contributed by atoms with E-state index in [1.165, 1.54) is 17.1 Å². The summed E-state index contributed by atoms with van der Waals surface area (Å²) in [5, 5.41) is 0. The lowest BCUT2D eigenvalue weighted by molar-refractivity contribution is 0.0953. The van der Waals surface area contributed by atoms with Crippen LogP contribution in [0.2, 0.25) is 0 Å². The van der Waals surface area contributed by atoms with Gasteiger partial charge in [0.25, 0.3) is 5.91 Å². The maximum absolute atomic E-state index is 13.4. The van der Waals surface area contributed by atoms with Gasteiger partial charge in [0.15, 0.2) is 11.6 Å². The van der Waals surface area contributed by atoms with Crippen molar-refractivity contribution in [2.24, 2.45) is 4.99 Å². The Hall–Kier alpha value is -2.30. The predicted octanol–water partition coefficient (Wildman–Crippen LogP) is 4.00. The molecule has 0 atom stereocenters. The number of pyridine rings is 1. The van der Waals surface area contributed by atoms with Crippen LogP contribution in [0.5, 0.6) is 0 Å². The Bertz CT molecular complexity index is 820. The smallest absolute Gasteiger partial charge is 0.263 e. The van der Waals surface area contributed by atoms with Gasteiger partial charge in [-0.25, -0.2) is 8.78 Å². The van der Waals surface area contributed by atoms with Crippen LogP contribution in [0.15, 0.2) is 41.5 Å². The Labute approximate surface area is 139 Å². The third-order valence-corrected chi connectivity index (χ3v) is 4.36. The number of hydrogen-bond acceptors (Lipinski definition) is 2. The molecular weight excluding hydrogens is 310 g/mol. The minimum atomic E-state index is -1.03. The van der Waals surface area contributed by atoms with Crippen molar-refractivity contribution in [3.63, 3.8) is 0 Å². The maximum atomic E-state index is 13.4. The molecule has 0 aliphatic heterocycles. The zero-order valence-corrected chi connectivity index (χ0v) is 13.6. The molecule has 0 N–H and O–H groups in total. The molecule has 1 aliphatic rings. The van der Waals surface area contributed by atoms with Crippen LogP contribution in [0.4, 0.5) is 8.78 Å². The highest BCUT2D eigenvalue weighted by molar-refractivity contribution is 5.95. The monoisotopic (exact) mass is 330 g/mol. The molecule has 1 fully saturated rings. The third-order valence-electron chi connectivity index (χ3n) is 4.36. The maximum Gasteiger partial charge on any atom is 0.263 e. The average molecular weight is 330 g/mol. The number of halogens is 2. The zero-order valence-electron chi connectivity index (χ0n) is 13.6. The molecule has 126 valence electrons. The second-order valence-electron chi connectivity index (χ2n) is 6.29. The van der Waals surface area contributed by atoms with E-state index in [-0.39, 0.29) is 11.6 Å². The van der Waals surface area contributed by atoms with Gasteiger partial charge in [-0.2, -0.15) is 0 Å². The molecule has 3 rings (SSSR count). The van der Waals surface area contributed by atoms with Gasteiger partial charge in [0.2, 0.25) is 0 Å². The summed E-state index contributed by atoms with van der Waals surface area (Å²) in [5.74, 6) is -2.41. The van der Waals surface area contributed by atoms with Gasteiger partial charge in [-0.15, -0.1) is 0 Å². The van der Waals surface area contributed by atoms with Crippen LogP contribution in [0.25, 0.3) is 0 Å². The Morgan fingerprint density at radius 3 is 2.54 bits per heavy atom. The highest BCUT2D eigenvalue weighted by atomic mass is 19.2. The van der Waals surface area contributed by atoms with Crippen LogP contribution in [0.3, 0.4) is 0 Å². The van der Waals surface area contributed by atoms with Crippen molar-refractivity contribution < 1.29 is 13.6 Å². The molecule has 1 saturated carbocycles. The molecule has 24 heavy (non-hydrogen) atoms. The SMILES string of the molecule is Cc1ccn(C(=O)c2ccc(F)c(F)c2)c(=NC2CCCCC2)c1. The van der Waals surface area contributed by atoms with Crippen LogP contribution in [0.1, 0.15) is 48.0 Å². The molecule has 1 heterocycles. The van der Waals surface area contributed by atoms with Crippen molar-refractivity contribution in [3.05, 3.63) is 64.8 Å². The quantitative estimate of drug-likeness (QED) is 0.819. The van der Waals surface area contributed by atoms with Crippen molar-refractivity contribution in [3.8, 4) is 0 Å². The topological polar surface area (TPSA) is 34.4 Å². The molecule has 1 aromatic carbocycles. The number of carbonyl (C=O) groups excluding carboxylic acids is 1. The van der Waals surface area contributed by atoms with Gasteiger partial charge in [-0.3, -0.25) is 14.4 Å². The summed E-state index contributed by atoms with van der Waals surface area (Å²) in [6, 6.07) is 7.05. The van der Waals surface area contributed by atoms with E-state index in [0.29, 0.717) is 5.49 Å². The fourth-order valence-electron chi connectivity index (χ4n) is 3.03. The largest absolute Gasteiger partial charge is 0.268 e. The van der Waals surface area contributed by atoms with E-state index in [1.54, 1.807) is 12.3 Å². The van der Waals surface area contributed by atoms with Crippen molar-refractivity contribution in [2.75, 3.05) is 0 Å². The fraction of sp³-hybridized carbons (Fsp3) is 0.368.